The number of hydrogen-bond acceptors (Lipinski definition) is 5. The molecule has 2 heterocycles. The van der Waals surface area contributed by atoms with Crippen molar-refractivity contribution in [2.75, 3.05) is 32.7 Å². The van der Waals surface area contributed by atoms with Gasteiger partial charge in [0.15, 0.2) is 0 Å². The third-order valence-electron chi connectivity index (χ3n) is 4.59. The smallest absolute Gasteiger partial charge is 0.291 e. The van der Waals surface area contributed by atoms with E-state index in [0.717, 1.165) is 30.7 Å². The third kappa shape index (κ3) is 4.20. The highest BCUT2D eigenvalue weighted by Crippen LogP contribution is 2.20. The Bertz CT molecular complexity index is 977. The van der Waals surface area contributed by atoms with Crippen molar-refractivity contribution in [2.45, 2.75) is 18.2 Å². The molecule has 146 valence electrons. The molecular weight excluding hydrogens is 411 g/mol. The van der Waals surface area contributed by atoms with Crippen LogP contribution in [0.2, 0.25) is 10.0 Å². The molecule has 0 unspecified atom stereocenters. The van der Waals surface area contributed by atoms with Gasteiger partial charge in [0, 0.05) is 19.6 Å². The van der Waals surface area contributed by atoms with Gasteiger partial charge in [-0.15, -0.1) is 0 Å². The summed E-state index contributed by atoms with van der Waals surface area (Å²) in [7, 11) is -3.59. The lowest BCUT2D eigenvalue weighted by Gasteiger charge is -2.21. The molecule has 0 aliphatic carbocycles. The van der Waals surface area contributed by atoms with Gasteiger partial charge in [-0.1, -0.05) is 30.1 Å². The molecular formula is C17H20Cl2N4O3S. The van der Waals surface area contributed by atoms with E-state index in [2.05, 4.69) is 16.9 Å². The van der Waals surface area contributed by atoms with Crippen LogP contribution in [0.4, 0.5) is 0 Å². The first kappa shape index (κ1) is 20.3. The summed E-state index contributed by atoms with van der Waals surface area (Å²) in [5.41, 5.74) is -0.155. The van der Waals surface area contributed by atoms with Gasteiger partial charge in [0.2, 0.25) is 10.0 Å². The lowest BCUT2D eigenvalue weighted by atomic mass is 10.3. The van der Waals surface area contributed by atoms with Crippen molar-refractivity contribution in [3.05, 3.63) is 50.9 Å². The van der Waals surface area contributed by atoms with Crippen molar-refractivity contribution in [1.82, 2.24) is 19.0 Å². The number of benzene rings is 1. The summed E-state index contributed by atoms with van der Waals surface area (Å²) in [4.78, 5) is 14.6. The van der Waals surface area contributed by atoms with Crippen LogP contribution in [0.5, 0.6) is 0 Å². The first-order valence-electron chi connectivity index (χ1n) is 8.61. The third-order valence-corrected chi connectivity index (χ3v) is 7.25. The number of hydrogen-bond donors (Lipinski definition) is 0. The highest BCUT2D eigenvalue weighted by molar-refractivity contribution is 7.89. The maximum absolute atomic E-state index is 12.9. The molecule has 1 aliphatic heterocycles. The summed E-state index contributed by atoms with van der Waals surface area (Å²) < 4.78 is 28.5. The largest absolute Gasteiger partial charge is 0.302 e. The van der Waals surface area contributed by atoms with Crippen LogP contribution in [0, 0.1) is 0 Å². The predicted octanol–water partition coefficient (Wildman–Crippen LogP) is 2.26. The maximum atomic E-state index is 12.9. The fourth-order valence-corrected chi connectivity index (χ4v) is 4.73. The van der Waals surface area contributed by atoms with E-state index >= 15 is 0 Å². The summed E-state index contributed by atoms with van der Waals surface area (Å²) in [6, 6.07) is 6.01. The normalized spacial score (nSPS) is 17.0. The molecule has 2 aromatic rings. The fraction of sp³-hybridized carbons (Fsp3) is 0.412. The number of aromatic nitrogens is 2. The molecule has 0 spiro atoms. The van der Waals surface area contributed by atoms with E-state index in [1.165, 1.54) is 34.8 Å². The van der Waals surface area contributed by atoms with Crippen LogP contribution in [-0.4, -0.2) is 60.1 Å². The SMILES string of the molecule is CCN1CCCN(S(=O)(=O)c2ccc(-n3ncc(Cl)c(Cl)c3=O)cc2)CC1. The summed E-state index contributed by atoms with van der Waals surface area (Å²) in [6.07, 6.45) is 2.07. The summed E-state index contributed by atoms with van der Waals surface area (Å²) in [6.45, 7) is 5.56. The van der Waals surface area contributed by atoms with Crippen molar-refractivity contribution in [3.8, 4) is 5.69 Å². The quantitative estimate of drug-likeness (QED) is 0.743. The van der Waals surface area contributed by atoms with Gasteiger partial charge in [-0.3, -0.25) is 4.79 Å². The van der Waals surface area contributed by atoms with E-state index in [9.17, 15) is 13.2 Å². The van der Waals surface area contributed by atoms with E-state index in [1.807, 2.05) is 0 Å². The van der Waals surface area contributed by atoms with Crippen LogP contribution in [0.3, 0.4) is 0 Å². The zero-order chi connectivity index (χ0) is 19.6. The van der Waals surface area contributed by atoms with Crippen LogP contribution in [0.15, 0.2) is 40.2 Å². The lowest BCUT2D eigenvalue weighted by Crippen LogP contribution is -2.35. The van der Waals surface area contributed by atoms with Gasteiger partial charge in [0.25, 0.3) is 5.56 Å². The molecule has 0 radical (unpaired) electrons. The Kier molecular flexibility index (Phi) is 6.22. The van der Waals surface area contributed by atoms with Crippen molar-refractivity contribution in [3.63, 3.8) is 0 Å². The number of likely N-dealkylation sites (N-methyl/N-ethyl adjacent to an activating group) is 1. The predicted molar refractivity (Wildman–Crippen MR) is 105 cm³/mol. The molecule has 1 aromatic heterocycles. The Morgan fingerprint density at radius 3 is 2.44 bits per heavy atom. The van der Waals surface area contributed by atoms with E-state index < -0.39 is 15.6 Å². The Balaban J connectivity index is 1.86. The zero-order valence-electron chi connectivity index (χ0n) is 14.8. The van der Waals surface area contributed by atoms with Gasteiger partial charge < -0.3 is 4.90 Å². The van der Waals surface area contributed by atoms with Crippen LogP contribution in [0.25, 0.3) is 5.69 Å². The van der Waals surface area contributed by atoms with E-state index in [-0.39, 0.29) is 14.9 Å². The van der Waals surface area contributed by atoms with Crippen molar-refractivity contribution in [2.24, 2.45) is 0 Å². The van der Waals surface area contributed by atoms with Crippen molar-refractivity contribution in [1.29, 1.82) is 0 Å². The Morgan fingerprint density at radius 2 is 1.78 bits per heavy atom. The summed E-state index contributed by atoms with van der Waals surface area (Å²) in [5.74, 6) is 0. The second-order valence-corrected chi connectivity index (χ2v) is 8.93. The average molecular weight is 431 g/mol. The topological polar surface area (TPSA) is 75.5 Å². The molecule has 0 amide bonds. The first-order chi connectivity index (χ1) is 12.8. The van der Waals surface area contributed by atoms with Crippen molar-refractivity contribution < 1.29 is 8.42 Å². The Labute approximate surface area is 168 Å². The van der Waals surface area contributed by atoms with Gasteiger partial charge >= 0.3 is 0 Å². The Morgan fingerprint density at radius 1 is 1.07 bits per heavy atom. The number of rotatable bonds is 4. The number of nitrogens with zero attached hydrogens (tertiary/aromatic N) is 4. The molecule has 3 rings (SSSR count). The van der Waals surface area contributed by atoms with E-state index in [4.69, 9.17) is 23.2 Å². The molecule has 0 N–H and O–H groups in total. The van der Waals surface area contributed by atoms with Gasteiger partial charge in [-0.25, -0.2) is 8.42 Å². The summed E-state index contributed by atoms with van der Waals surface area (Å²) in [5, 5.41) is 3.88. The second-order valence-electron chi connectivity index (χ2n) is 6.21. The second kappa shape index (κ2) is 8.28. The zero-order valence-corrected chi connectivity index (χ0v) is 17.1. The maximum Gasteiger partial charge on any atom is 0.291 e. The van der Waals surface area contributed by atoms with Crippen molar-refractivity contribution >= 4 is 33.2 Å². The summed E-state index contributed by atoms with van der Waals surface area (Å²) >= 11 is 11.6. The number of sulfonamides is 1. The van der Waals surface area contributed by atoms with E-state index in [0.29, 0.717) is 18.8 Å². The Hall–Kier alpha value is -1.45. The molecule has 10 heteroatoms. The highest BCUT2D eigenvalue weighted by Gasteiger charge is 2.26. The fourth-order valence-electron chi connectivity index (χ4n) is 3.01. The molecule has 0 atom stereocenters. The van der Waals surface area contributed by atoms with Crippen LogP contribution < -0.4 is 5.56 Å². The van der Waals surface area contributed by atoms with Gasteiger partial charge in [-0.05, 0) is 43.8 Å². The lowest BCUT2D eigenvalue weighted by molar-refractivity contribution is 0.302. The molecule has 27 heavy (non-hydrogen) atoms. The standard InChI is InChI=1S/C17H20Cl2N4O3S/c1-2-21-8-3-9-22(11-10-21)27(25,26)14-6-4-13(5-7-14)23-17(24)16(19)15(18)12-20-23/h4-7,12H,2-3,8-11H2,1H3. The van der Waals surface area contributed by atoms with E-state index in [1.54, 1.807) is 0 Å². The van der Waals surface area contributed by atoms with Gasteiger partial charge in [0.1, 0.15) is 5.02 Å². The van der Waals surface area contributed by atoms with Gasteiger partial charge in [0.05, 0.1) is 21.8 Å². The van der Waals surface area contributed by atoms with Gasteiger partial charge in [-0.2, -0.15) is 14.1 Å². The van der Waals surface area contributed by atoms with Crippen LogP contribution >= 0.6 is 23.2 Å². The molecule has 1 aliphatic rings. The molecule has 1 aromatic carbocycles. The average Bonchev–Trinajstić information content (AvgIpc) is 2.92. The number of halogens is 2. The minimum Gasteiger partial charge on any atom is -0.302 e. The molecule has 0 saturated carbocycles. The van der Waals surface area contributed by atoms with Crippen LogP contribution in [-0.2, 0) is 10.0 Å². The molecule has 0 bridgehead atoms. The molecule has 1 saturated heterocycles. The molecule has 1 fully saturated rings. The monoisotopic (exact) mass is 430 g/mol. The highest BCUT2D eigenvalue weighted by atomic mass is 35.5. The molecule has 7 nitrogen and oxygen atoms in total. The van der Waals surface area contributed by atoms with Crippen LogP contribution in [0.1, 0.15) is 13.3 Å². The first-order valence-corrected chi connectivity index (χ1v) is 10.8. The minimum atomic E-state index is -3.59. The minimum absolute atomic E-state index is 0.0689.